The lowest BCUT2D eigenvalue weighted by atomic mass is 10.1. The molecular formula is C9H9BrFNO. The van der Waals surface area contributed by atoms with Crippen molar-refractivity contribution >= 4 is 21.8 Å². The van der Waals surface area contributed by atoms with Crippen LogP contribution in [0.25, 0.3) is 0 Å². The molecule has 0 saturated carbocycles. The Labute approximate surface area is 84.3 Å². The highest BCUT2D eigenvalue weighted by Crippen LogP contribution is 2.22. The molecule has 1 rings (SSSR count). The van der Waals surface area contributed by atoms with Gasteiger partial charge in [-0.1, -0.05) is 0 Å². The molecule has 1 amide bonds. The molecule has 0 bridgehead atoms. The molecule has 0 atom stereocenters. The van der Waals surface area contributed by atoms with Crippen molar-refractivity contribution < 1.29 is 9.18 Å². The fraction of sp³-hybridized carbons (Fsp3) is 0.222. The van der Waals surface area contributed by atoms with Crippen molar-refractivity contribution in [2.24, 2.45) is 0 Å². The van der Waals surface area contributed by atoms with Crippen LogP contribution in [0.5, 0.6) is 0 Å². The first-order valence-corrected chi connectivity index (χ1v) is 4.53. The largest absolute Gasteiger partial charge is 0.355 e. The number of hydrogen-bond acceptors (Lipinski definition) is 1. The average Bonchev–Trinajstić information content (AvgIpc) is 2.10. The van der Waals surface area contributed by atoms with Crippen LogP contribution in [0.2, 0.25) is 0 Å². The molecule has 0 heterocycles. The molecule has 0 spiro atoms. The van der Waals surface area contributed by atoms with Gasteiger partial charge in [0, 0.05) is 11.5 Å². The molecule has 0 aliphatic heterocycles. The predicted octanol–water partition coefficient (Wildman–Crippen LogP) is 2.26. The molecule has 0 unspecified atom stereocenters. The van der Waals surface area contributed by atoms with E-state index in [9.17, 15) is 9.18 Å². The molecule has 0 aliphatic carbocycles. The maximum Gasteiger partial charge on any atom is 0.252 e. The average molecular weight is 246 g/mol. The zero-order valence-electron chi connectivity index (χ0n) is 7.32. The van der Waals surface area contributed by atoms with Gasteiger partial charge in [-0.3, -0.25) is 4.79 Å². The van der Waals surface area contributed by atoms with Gasteiger partial charge in [-0.2, -0.15) is 0 Å². The lowest BCUT2D eigenvalue weighted by molar-refractivity contribution is 0.0962. The zero-order chi connectivity index (χ0) is 10.0. The minimum Gasteiger partial charge on any atom is -0.355 e. The van der Waals surface area contributed by atoms with Crippen LogP contribution in [0.15, 0.2) is 16.6 Å². The van der Waals surface area contributed by atoms with Crippen molar-refractivity contribution in [3.63, 3.8) is 0 Å². The second-order valence-electron chi connectivity index (χ2n) is 2.66. The van der Waals surface area contributed by atoms with Gasteiger partial charge in [0.25, 0.3) is 5.91 Å². The SMILES string of the molecule is CNC(=O)c1cc(F)cc(C)c1Br. The standard InChI is InChI=1S/C9H9BrFNO/c1-5-3-6(11)4-7(8(5)10)9(13)12-2/h3-4H,1-2H3,(H,12,13). The third kappa shape index (κ3) is 2.06. The van der Waals surface area contributed by atoms with Gasteiger partial charge in [0.05, 0.1) is 5.56 Å². The normalized spacial score (nSPS) is 9.85. The molecule has 2 nitrogen and oxygen atoms in total. The maximum atomic E-state index is 12.9. The van der Waals surface area contributed by atoms with Crippen molar-refractivity contribution in [1.82, 2.24) is 5.32 Å². The van der Waals surface area contributed by atoms with Crippen molar-refractivity contribution in [3.05, 3.63) is 33.5 Å². The molecule has 13 heavy (non-hydrogen) atoms. The summed E-state index contributed by atoms with van der Waals surface area (Å²) in [5, 5.41) is 2.44. The van der Waals surface area contributed by atoms with Crippen LogP contribution in [-0.4, -0.2) is 13.0 Å². The van der Waals surface area contributed by atoms with Crippen LogP contribution in [0.4, 0.5) is 4.39 Å². The van der Waals surface area contributed by atoms with Crippen molar-refractivity contribution in [3.8, 4) is 0 Å². The predicted molar refractivity (Wildman–Crippen MR) is 52.2 cm³/mol. The van der Waals surface area contributed by atoms with Gasteiger partial charge in [-0.25, -0.2) is 4.39 Å². The van der Waals surface area contributed by atoms with Crippen LogP contribution >= 0.6 is 15.9 Å². The second kappa shape index (κ2) is 3.87. The summed E-state index contributed by atoms with van der Waals surface area (Å²) in [6, 6.07) is 2.58. The van der Waals surface area contributed by atoms with Crippen molar-refractivity contribution in [1.29, 1.82) is 0 Å². The van der Waals surface area contributed by atoms with E-state index in [1.165, 1.54) is 19.2 Å². The Hall–Kier alpha value is -0.900. The van der Waals surface area contributed by atoms with E-state index in [4.69, 9.17) is 0 Å². The smallest absolute Gasteiger partial charge is 0.252 e. The number of hydrogen-bond donors (Lipinski definition) is 1. The molecule has 1 N–H and O–H groups in total. The summed E-state index contributed by atoms with van der Waals surface area (Å²) in [7, 11) is 1.51. The van der Waals surface area contributed by atoms with Gasteiger partial charge in [-0.05, 0) is 40.5 Å². The Bertz CT molecular complexity index is 352. The third-order valence-corrected chi connectivity index (χ3v) is 2.74. The monoisotopic (exact) mass is 245 g/mol. The summed E-state index contributed by atoms with van der Waals surface area (Å²) in [6.45, 7) is 1.74. The van der Waals surface area contributed by atoms with Crippen LogP contribution in [0.3, 0.4) is 0 Å². The number of carbonyl (C=O) groups excluding carboxylic acids is 1. The van der Waals surface area contributed by atoms with E-state index in [1.807, 2.05) is 0 Å². The molecule has 0 aromatic heterocycles. The van der Waals surface area contributed by atoms with E-state index in [0.717, 1.165) is 0 Å². The summed E-state index contributed by atoms with van der Waals surface area (Å²) in [6.07, 6.45) is 0. The van der Waals surface area contributed by atoms with Gasteiger partial charge in [-0.15, -0.1) is 0 Å². The number of rotatable bonds is 1. The first-order chi connectivity index (χ1) is 6.06. The molecule has 0 aliphatic rings. The molecule has 0 fully saturated rings. The van der Waals surface area contributed by atoms with E-state index in [-0.39, 0.29) is 5.91 Å². The molecule has 0 saturated heterocycles. The molecule has 4 heteroatoms. The van der Waals surface area contributed by atoms with Crippen LogP contribution < -0.4 is 5.32 Å². The Kier molecular flexibility index (Phi) is 3.03. The first-order valence-electron chi connectivity index (χ1n) is 3.74. The summed E-state index contributed by atoms with van der Waals surface area (Å²) < 4.78 is 13.5. The first kappa shape index (κ1) is 10.2. The Morgan fingerprint density at radius 3 is 2.69 bits per heavy atom. The molecular weight excluding hydrogens is 237 g/mol. The summed E-state index contributed by atoms with van der Waals surface area (Å²) >= 11 is 3.23. The molecule has 1 aromatic carbocycles. The fourth-order valence-corrected chi connectivity index (χ4v) is 1.43. The van der Waals surface area contributed by atoms with E-state index in [0.29, 0.717) is 15.6 Å². The van der Waals surface area contributed by atoms with E-state index in [1.54, 1.807) is 6.92 Å². The topological polar surface area (TPSA) is 29.1 Å². The van der Waals surface area contributed by atoms with Crippen LogP contribution in [0.1, 0.15) is 15.9 Å². The maximum absolute atomic E-state index is 12.9. The number of benzene rings is 1. The Morgan fingerprint density at radius 2 is 2.15 bits per heavy atom. The summed E-state index contributed by atoms with van der Waals surface area (Å²) in [5.41, 5.74) is 1.03. The number of nitrogens with one attached hydrogen (secondary N) is 1. The molecule has 70 valence electrons. The lowest BCUT2D eigenvalue weighted by Gasteiger charge is -2.05. The number of carbonyl (C=O) groups is 1. The summed E-state index contributed by atoms with van der Waals surface area (Å²) in [5.74, 6) is -0.700. The second-order valence-corrected chi connectivity index (χ2v) is 3.46. The van der Waals surface area contributed by atoms with Gasteiger partial charge >= 0.3 is 0 Å². The highest BCUT2D eigenvalue weighted by Gasteiger charge is 2.11. The Balaban J connectivity index is 3.28. The molecule has 1 aromatic rings. The number of aryl methyl sites for hydroxylation is 1. The fourth-order valence-electron chi connectivity index (χ4n) is 1.03. The van der Waals surface area contributed by atoms with E-state index < -0.39 is 5.82 Å². The lowest BCUT2D eigenvalue weighted by Crippen LogP contribution is -2.18. The highest BCUT2D eigenvalue weighted by atomic mass is 79.9. The number of halogens is 2. The minimum absolute atomic E-state index is 0.297. The van der Waals surface area contributed by atoms with Crippen LogP contribution in [0, 0.1) is 12.7 Å². The number of amides is 1. The van der Waals surface area contributed by atoms with E-state index >= 15 is 0 Å². The van der Waals surface area contributed by atoms with E-state index in [2.05, 4.69) is 21.2 Å². The van der Waals surface area contributed by atoms with Crippen molar-refractivity contribution in [2.45, 2.75) is 6.92 Å². The highest BCUT2D eigenvalue weighted by molar-refractivity contribution is 9.10. The van der Waals surface area contributed by atoms with Gasteiger partial charge in [0.1, 0.15) is 5.82 Å². The quantitative estimate of drug-likeness (QED) is 0.809. The van der Waals surface area contributed by atoms with Gasteiger partial charge in [0.15, 0.2) is 0 Å². The minimum atomic E-state index is -0.403. The van der Waals surface area contributed by atoms with Crippen molar-refractivity contribution in [2.75, 3.05) is 7.05 Å². The third-order valence-electron chi connectivity index (χ3n) is 1.69. The van der Waals surface area contributed by atoms with Gasteiger partial charge < -0.3 is 5.32 Å². The zero-order valence-corrected chi connectivity index (χ0v) is 8.90. The molecule has 0 radical (unpaired) electrons. The van der Waals surface area contributed by atoms with Gasteiger partial charge in [0.2, 0.25) is 0 Å². The Morgan fingerprint density at radius 1 is 1.54 bits per heavy atom. The van der Waals surface area contributed by atoms with Crippen LogP contribution in [-0.2, 0) is 0 Å². The summed E-state index contributed by atoms with van der Waals surface area (Å²) in [4.78, 5) is 11.2.